The predicted octanol–water partition coefficient (Wildman–Crippen LogP) is 1.96. The molecule has 9 heteroatoms. The molecule has 0 unspecified atom stereocenters. The molecule has 0 fully saturated rings. The lowest BCUT2D eigenvalue weighted by atomic mass is 10.1. The normalized spacial score (nSPS) is 11.1. The minimum Gasteiger partial charge on any atom is -0.465 e. The summed E-state index contributed by atoms with van der Waals surface area (Å²) in [6.07, 6.45) is 0. The molecule has 0 aliphatic heterocycles. The molecule has 28 heavy (non-hydrogen) atoms. The Morgan fingerprint density at radius 2 is 1.64 bits per heavy atom. The minimum atomic E-state index is -3.67. The van der Waals surface area contributed by atoms with E-state index in [1.807, 2.05) is 0 Å². The Labute approximate surface area is 163 Å². The number of carbonyl (C=O) groups excluding carboxylic acids is 2. The molecule has 0 bridgehead atoms. The molecule has 0 aliphatic carbocycles. The summed E-state index contributed by atoms with van der Waals surface area (Å²) in [6.45, 7) is 2.19. The molecule has 0 saturated heterocycles. The van der Waals surface area contributed by atoms with Gasteiger partial charge in [0.1, 0.15) is 0 Å². The fourth-order valence-corrected chi connectivity index (χ4v) is 3.36. The van der Waals surface area contributed by atoms with E-state index in [4.69, 9.17) is 4.74 Å². The van der Waals surface area contributed by atoms with Gasteiger partial charge >= 0.3 is 5.97 Å². The summed E-state index contributed by atoms with van der Waals surface area (Å²) in [4.78, 5) is 24.2. The van der Waals surface area contributed by atoms with E-state index < -0.39 is 21.9 Å². The van der Waals surface area contributed by atoms with Crippen LogP contribution in [-0.4, -0.2) is 47.7 Å². The summed E-state index contributed by atoms with van der Waals surface area (Å²) < 4.78 is 36.2. The summed E-state index contributed by atoms with van der Waals surface area (Å²) in [5.74, 6) is -0.938. The van der Waals surface area contributed by atoms with Crippen molar-refractivity contribution in [3.63, 3.8) is 0 Å². The van der Waals surface area contributed by atoms with Crippen molar-refractivity contribution in [1.82, 2.24) is 4.72 Å². The van der Waals surface area contributed by atoms with Gasteiger partial charge in [-0.3, -0.25) is 4.79 Å². The van der Waals surface area contributed by atoms with Gasteiger partial charge in [-0.25, -0.2) is 17.9 Å². The number of sulfonamides is 1. The monoisotopic (exact) mass is 406 g/mol. The van der Waals surface area contributed by atoms with Gasteiger partial charge in [0.05, 0.1) is 24.2 Å². The molecule has 8 nitrogen and oxygen atoms in total. The maximum atomic E-state index is 12.5. The Balaban J connectivity index is 2.15. The number of esters is 1. The third kappa shape index (κ3) is 5.38. The lowest BCUT2D eigenvalue weighted by Crippen LogP contribution is -2.27. The number of aryl methyl sites for hydroxylation is 1. The molecule has 0 aromatic heterocycles. The number of amides is 1. The Bertz CT molecular complexity index is 955. The number of carbonyl (C=O) groups is 2. The van der Waals surface area contributed by atoms with Crippen LogP contribution in [0.15, 0.2) is 47.4 Å². The summed E-state index contributed by atoms with van der Waals surface area (Å²) >= 11 is 0. The van der Waals surface area contributed by atoms with Gasteiger partial charge in [0, 0.05) is 24.9 Å². The molecule has 2 aromatic carbocycles. The number of nitrogens with one attached hydrogen (secondary N) is 2. The van der Waals surface area contributed by atoms with Crippen molar-refractivity contribution in [2.75, 3.05) is 32.7 Å². The van der Waals surface area contributed by atoms with E-state index in [0.717, 1.165) is 5.56 Å². The van der Waals surface area contributed by atoms with Gasteiger partial charge in [0.15, 0.2) is 0 Å². The van der Waals surface area contributed by atoms with Crippen LogP contribution in [0.5, 0.6) is 0 Å². The first-order valence-electron chi connectivity index (χ1n) is 8.37. The molecule has 150 valence electrons. The standard InChI is InChI=1S/C19H22N2O6S/c1-13-4-5-15(19(23)27-3)12-17(13)21-18(22)14-6-8-16(9-7-14)28(24,25)20-10-11-26-2/h4-9,12,20H,10-11H2,1-3H3,(H,21,22). The van der Waals surface area contributed by atoms with Crippen molar-refractivity contribution in [1.29, 1.82) is 0 Å². The predicted molar refractivity (Wildman–Crippen MR) is 104 cm³/mol. The van der Waals surface area contributed by atoms with Gasteiger partial charge in [-0.1, -0.05) is 6.07 Å². The average Bonchev–Trinajstić information content (AvgIpc) is 2.69. The van der Waals surface area contributed by atoms with Crippen molar-refractivity contribution in [3.8, 4) is 0 Å². The highest BCUT2D eigenvalue weighted by atomic mass is 32.2. The van der Waals surface area contributed by atoms with Crippen LogP contribution >= 0.6 is 0 Å². The lowest BCUT2D eigenvalue weighted by Gasteiger charge is -2.11. The van der Waals surface area contributed by atoms with Gasteiger partial charge in [-0.15, -0.1) is 0 Å². The fraction of sp³-hybridized carbons (Fsp3) is 0.263. The smallest absolute Gasteiger partial charge is 0.337 e. The molecule has 0 spiro atoms. The first-order valence-corrected chi connectivity index (χ1v) is 9.86. The lowest BCUT2D eigenvalue weighted by molar-refractivity contribution is 0.0600. The van der Waals surface area contributed by atoms with E-state index in [2.05, 4.69) is 14.8 Å². The number of hydrogen-bond donors (Lipinski definition) is 2. The third-order valence-corrected chi connectivity index (χ3v) is 5.41. The molecule has 0 atom stereocenters. The molecule has 0 aliphatic rings. The second kappa shape index (κ2) is 9.45. The summed E-state index contributed by atoms with van der Waals surface area (Å²) in [5.41, 5.74) is 1.82. The second-order valence-corrected chi connectivity index (χ2v) is 7.66. The maximum Gasteiger partial charge on any atom is 0.337 e. The highest BCUT2D eigenvalue weighted by Crippen LogP contribution is 2.19. The average molecular weight is 406 g/mol. The molecule has 0 saturated carbocycles. The first-order chi connectivity index (χ1) is 13.3. The van der Waals surface area contributed by atoms with E-state index in [1.54, 1.807) is 19.1 Å². The topological polar surface area (TPSA) is 111 Å². The zero-order valence-electron chi connectivity index (χ0n) is 15.8. The number of ether oxygens (including phenoxy) is 2. The summed E-state index contributed by atoms with van der Waals surface area (Å²) in [7, 11) is -0.917. The number of rotatable bonds is 8. The molecular formula is C19H22N2O6S. The highest BCUT2D eigenvalue weighted by molar-refractivity contribution is 7.89. The molecule has 0 heterocycles. The molecular weight excluding hydrogens is 384 g/mol. The Hall–Kier alpha value is -2.75. The molecule has 2 N–H and O–H groups in total. The maximum absolute atomic E-state index is 12.5. The number of methoxy groups -OCH3 is 2. The van der Waals surface area contributed by atoms with Crippen molar-refractivity contribution >= 4 is 27.6 Å². The van der Waals surface area contributed by atoms with E-state index >= 15 is 0 Å². The second-order valence-electron chi connectivity index (χ2n) is 5.89. The van der Waals surface area contributed by atoms with Crippen molar-refractivity contribution in [2.24, 2.45) is 0 Å². The number of anilines is 1. The van der Waals surface area contributed by atoms with Crippen molar-refractivity contribution < 1.29 is 27.5 Å². The number of hydrogen-bond acceptors (Lipinski definition) is 6. The van der Waals surface area contributed by atoms with Crippen LogP contribution < -0.4 is 10.0 Å². The van der Waals surface area contributed by atoms with Gasteiger partial charge < -0.3 is 14.8 Å². The van der Waals surface area contributed by atoms with Gasteiger partial charge in [0.25, 0.3) is 5.91 Å². The molecule has 2 aromatic rings. The molecule has 0 radical (unpaired) electrons. The van der Waals surface area contributed by atoms with Crippen LogP contribution in [-0.2, 0) is 19.5 Å². The van der Waals surface area contributed by atoms with Gasteiger partial charge in [0.2, 0.25) is 10.0 Å². The van der Waals surface area contributed by atoms with Crippen LogP contribution in [0.1, 0.15) is 26.3 Å². The Kier molecular flexibility index (Phi) is 7.27. The van der Waals surface area contributed by atoms with E-state index in [-0.39, 0.29) is 23.6 Å². The van der Waals surface area contributed by atoms with E-state index in [9.17, 15) is 18.0 Å². The first kappa shape index (κ1) is 21.5. The van der Waals surface area contributed by atoms with Crippen LogP contribution in [0.3, 0.4) is 0 Å². The van der Waals surface area contributed by atoms with E-state index in [1.165, 1.54) is 44.6 Å². The van der Waals surface area contributed by atoms with Crippen molar-refractivity contribution in [3.05, 3.63) is 59.2 Å². The van der Waals surface area contributed by atoms with E-state index in [0.29, 0.717) is 11.3 Å². The SMILES string of the molecule is COCCNS(=O)(=O)c1ccc(C(=O)Nc2cc(C(=O)OC)ccc2C)cc1. The van der Waals surface area contributed by atoms with Crippen LogP contribution in [0, 0.1) is 6.92 Å². The molecule has 1 amide bonds. The largest absolute Gasteiger partial charge is 0.465 e. The van der Waals surface area contributed by atoms with Crippen LogP contribution in [0.25, 0.3) is 0 Å². The summed E-state index contributed by atoms with van der Waals surface area (Å²) in [6, 6.07) is 10.4. The number of benzene rings is 2. The quantitative estimate of drug-likeness (QED) is 0.512. The fourth-order valence-electron chi connectivity index (χ4n) is 2.34. The van der Waals surface area contributed by atoms with Crippen LogP contribution in [0.4, 0.5) is 5.69 Å². The third-order valence-electron chi connectivity index (χ3n) is 3.93. The Morgan fingerprint density at radius 3 is 2.25 bits per heavy atom. The minimum absolute atomic E-state index is 0.0454. The summed E-state index contributed by atoms with van der Waals surface area (Å²) in [5, 5.41) is 2.72. The zero-order chi connectivity index (χ0) is 20.7. The van der Waals surface area contributed by atoms with Crippen molar-refractivity contribution in [2.45, 2.75) is 11.8 Å². The molecule has 2 rings (SSSR count). The highest BCUT2D eigenvalue weighted by Gasteiger charge is 2.15. The zero-order valence-corrected chi connectivity index (χ0v) is 16.6. The van der Waals surface area contributed by atoms with Gasteiger partial charge in [-0.2, -0.15) is 0 Å². The van der Waals surface area contributed by atoms with Gasteiger partial charge in [-0.05, 0) is 48.9 Å². The van der Waals surface area contributed by atoms with Crippen LogP contribution in [0.2, 0.25) is 0 Å². The Morgan fingerprint density at radius 1 is 1.00 bits per heavy atom.